The molecule has 6 N–H and O–H groups in total. The van der Waals surface area contributed by atoms with E-state index in [2.05, 4.69) is 5.32 Å². The first-order valence-corrected chi connectivity index (χ1v) is 13.3. The first-order chi connectivity index (χ1) is 16.3. The summed E-state index contributed by atoms with van der Waals surface area (Å²) in [4.78, 5) is 13.5. The standard InChI is InChI=1S/C25H31N5O3S/c26-22-20-12-11-18(24(27)28)15-21(20)30(13-14-34(32,33)19-9-5-2-6-10-19)23(22)25(31)29-16-17-7-3-1-4-8-17/h2,5-6,9-12,15,17H,1,3-4,7-8,13-14,16,26H2,(H3,27,28)(H,29,31). The van der Waals surface area contributed by atoms with Crippen molar-refractivity contribution in [2.24, 2.45) is 11.7 Å². The van der Waals surface area contributed by atoms with E-state index in [1.54, 1.807) is 53.1 Å². The summed E-state index contributed by atoms with van der Waals surface area (Å²) in [7, 11) is -3.58. The van der Waals surface area contributed by atoms with Gasteiger partial charge in [0.2, 0.25) is 0 Å². The number of aromatic nitrogens is 1. The highest BCUT2D eigenvalue weighted by Crippen LogP contribution is 2.30. The molecular formula is C25H31N5O3S. The predicted molar refractivity (Wildman–Crippen MR) is 135 cm³/mol. The van der Waals surface area contributed by atoms with Gasteiger partial charge in [-0.15, -0.1) is 0 Å². The Labute approximate surface area is 199 Å². The molecule has 9 heteroatoms. The lowest BCUT2D eigenvalue weighted by Crippen LogP contribution is -2.32. The number of sulfone groups is 1. The molecule has 1 aromatic heterocycles. The van der Waals surface area contributed by atoms with Crippen LogP contribution in [0.5, 0.6) is 0 Å². The lowest BCUT2D eigenvalue weighted by Gasteiger charge is -2.22. The summed E-state index contributed by atoms with van der Waals surface area (Å²) in [5.41, 5.74) is 13.7. The maximum absolute atomic E-state index is 13.3. The fourth-order valence-electron chi connectivity index (χ4n) is 4.69. The number of amidine groups is 1. The molecule has 3 aromatic rings. The molecule has 0 atom stereocenters. The van der Waals surface area contributed by atoms with E-state index in [-0.39, 0.29) is 34.6 Å². The number of carbonyl (C=O) groups excluding carboxylic acids is 1. The highest BCUT2D eigenvalue weighted by Gasteiger charge is 2.24. The number of aryl methyl sites for hydroxylation is 1. The van der Waals surface area contributed by atoms with E-state index in [9.17, 15) is 13.2 Å². The number of nitrogens with one attached hydrogen (secondary N) is 2. The van der Waals surface area contributed by atoms with Crippen molar-refractivity contribution >= 4 is 38.2 Å². The molecule has 0 aliphatic heterocycles. The van der Waals surface area contributed by atoms with Crippen molar-refractivity contribution in [3.05, 3.63) is 59.8 Å². The van der Waals surface area contributed by atoms with Gasteiger partial charge in [-0.3, -0.25) is 10.2 Å². The van der Waals surface area contributed by atoms with Gasteiger partial charge in [0, 0.05) is 24.0 Å². The molecule has 0 saturated heterocycles. The van der Waals surface area contributed by atoms with E-state index in [1.165, 1.54) is 19.3 Å². The van der Waals surface area contributed by atoms with E-state index < -0.39 is 9.84 Å². The van der Waals surface area contributed by atoms with E-state index >= 15 is 0 Å². The van der Waals surface area contributed by atoms with E-state index in [1.807, 2.05) is 0 Å². The molecule has 1 aliphatic carbocycles. The van der Waals surface area contributed by atoms with Gasteiger partial charge in [0.05, 0.1) is 21.9 Å². The van der Waals surface area contributed by atoms with Crippen molar-refractivity contribution in [1.29, 1.82) is 5.41 Å². The summed E-state index contributed by atoms with van der Waals surface area (Å²) in [6, 6.07) is 13.3. The van der Waals surface area contributed by atoms with Crippen LogP contribution in [0.1, 0.15) is 48.2 Å². The molecule has 1 saturated carbocycles. The summed E-state index contributed by atoms with van der Waals surface area (Å²) in [6.07, 6.45) is 5.77. The van der Waals surface area contributed by atoms with Gasteiger partial charge >= 0.3 is 0 Å². The molecule has 1 aliphatic rings. The Kier molecular flexibility index (Phi) is 6.92. The molecule has 0 spiro atoms. The largest absolute Gasteiger partial charge is 0.396 e. The Bertz CT molecular complexity index is 1310. The minimum Gasteiger partial charge on any atom is -0.396 e. The molecule has 8 nitrogen and oxygen atoms in total. The second kappa shape index (κ2) is 9.89. The Morgan fingerprint density at radius 3 is 2.47 bits per heavy atom. The van der Waals surface area contributed by atoms with Crippen LogP contribution >= 0.6 is 0 Å². The second-order valence-corrected chi connectivity index (χ2v) is 11.0. The van der Waals surface area contributed by atoms with Crippen molar-refractivity contribution in [3.8, 4) is 0 Å². The van der Waals surface area contributed by atoms with Gasteiger partial charge in [-0.05, 0) is 43.0 Å². The molecule has 4 rings (SSSR count). The third-order valence-electron chi connectivity index (χ3n) is 6.59. The van der Waals surface area contributed by atoms with Crippen LogP contribution in [0.2, 0.25) is 0 Å². The van der Waals surface area contributed by atoms with Gasteiger partial charge in [-0.1, -0.05) is 43.5 Å². The molecule has 1 fully saturated rings. The number of benzene rings is 2. The van der Waals surface area contributed by atoms with Crippen molar-refractivity contribution in [3.63, 3.8) is 0 Å². The Balaban J connectivity index is 1.68. The number of hydrogen-bond donors (Lipinski definition) is 4. The summed E-state index contributed by atoms with van der Waals surface area (Å²) >= 11 is 0. The molecule has 0 bridgehead atoms. The van der Waals surface area contributed by atoms with Crippen LogP contribution in [0.25, 0.3) is 10.9 Å². The number of amides is 1. The molecule has 1 amide bonds. The monoisotopic (exact) mass is 481 g/mol. The van der Waals surface area contributed by atoms with Gasteiger partial charge in [0.15, 0.2) is 9.84 Å². The average Bonchev–Trinajstić information content (AvgIpc) is 3.13. The van der Waals surface area contributed by atoms with Gasteiger partial charge < -0.3 is 21.4 Å². The summed E-state index contributed by atoms with van der Waals surface area (Å²) < 4.78 is 27.5. The normalized spacial score (nSPS) is 14.8. The number of anilines is 1. The Morgan fingerprint density at radius 1 is 1.09 bits per heavy atom. The van der Waals surface area contributed by atoms with Crippen LogP contribution in [0.3, 0.4) is 0 Å². The smallest absolute Gasteiger partial charge is 0.270 e. The van der Waals surface area contributed by atoms with Crippen LogP contribution < -0.4 is 16.8 Å². The maximum Gasteiger partial charge on any atom is 0.270 e. The Morgan fingerprint density at radius 2 is 1.79 bits per heavy atom. The summed E-state index contributed by atoms with van der Waals surface area (Å²) in [6.45, 7) is 0.610. The van der Waals surface area contributed by atoms with Crippen LogP contribution in [-0.4, -0.2) is 37.0 Å². The third kappa shape index (κ3) is 4.94. The summed E-state index contributed by atoms with van der Waals surface area (Å²) in [5, 5.41) is 11.4. The molecule has 0 radical (unpaired) electrons. The Hall–Kier alpha value is -3.33. The summed E-state index contributed by atoms with van der Waals surface area (Å²) in [5.74, 6) is -0.193. The zero-order valence-corrected chi connectivity index (χ0v) is 19.9. The van der Waals surface area contributed by atoms with Crippen LogP contribution in [0, 0.1) is 11.3 Å². The fraction of sp³-hybridized carbons (Fsp3) is 0.360. The fourth-order valence-corrected chi connectivity index (χ4v) is 5.92. The predicted octanol–water partition coefficient (Wildman–Crippen LogP) is 3.29. The van der Waals surface area contributed by atoms with Crippen molar-refractivity contribution in [2.75, 3.05) is 18.0 Å². The minimum absolute atomic E-state index is 0.0401. The van der Waals surface area contributed by atoms with Crippen LogP contribution in [0.4, 0.5) is 5.69 Å². The first-order valence-electron chi connectivity index (χ1n) is 11.6. The van der Waals surface area contributed by atoms with Crippen molar-refractivity contribution in [1.82, 2.24) is 9.88 Å². The van der Waals surface area contributed by atoms with Gasteiger partial charge in [-0.25, -0.2) is 8.42 Å². The molecule has 2 aromatic carbocycles. The number of nitrogens with zero attached hydrogens (tertiary/aromatic N) is 1. The maximum atomic E-state index is 13.3. The second-order valence-electron chi connectivity index (χ2n) is 8.91. The molecule has 0 unspecified atom stereocenters. The zero-order valence-electron chi connectivity index (χ0n) is 19.1. The van der Waals surface area contributed by atoms with Crippen LogP contribution in [-0.2, 0) is 16.4 Å². The van der Waals surface area contributed by atoms with Crippen LogP contribution in [0.15, 0.2) is 53.4 Å². The van der Waals surface area contributed by atoms with E-state index in [0.29, 0.717) is 34.6 Å². The lowest BCUT2D eigenvalue weighted by atomic mass is 9.89. The molecule has 1 heterocycles. The van der Waals surface area contributed by atoms with Crippen molar-refractivity contribution < 1.29 is 13.2 Å². The number of carbonyl (C=O) groups is 1. The third-order valence-corrected chi connectivity index (χ3v) is 8.30. The number of hydrogen-bond acceptors (Lipinski definition) is 5. The minimum atomic E-state index is -3.58. The zero-order chi connectivity index (χ0) is 24.3. The number of nitrogen functional groups attached to an aromatic ring is 2. The highest BCUT2D eigenvalue weighted by atomic mass is 32.2. The number of nitrogens with two attached hydrogens (primary N) is 2. The average molecular weight is 482 g/mol. The van der Waals surface area contributed by atoms with Gasteiger partial charge in [0.25, 0.3) is 5.91 Å². The molecular weight excluding hydrogens is 450 g/mol. The number of rotatable bonds is 8. The topological polar surface area (TPSA) is 144 Å². The first kappa shape index (κ1) is 23.8. The van der Waals surface area contributed by atoms with Crippen molar-refractivity contribution in [2.45, 2.75) is 43.5 Å². The highest BCUT2D eigenvalue weighted by molar-refractivity contribution is 7.91. The number of fused-ring (bicyclic) bond motifs is 1. The van der Waals surface area contributed by atoms with E-state index in [0.717, 1.165) is 12.8 Å². The van der Waals surface area contributed by atoms with Gasteiger partial charge in [0.1, 0.15) is 11.5 Å². The quantitative estimate of drug-likeness (QED) is 0.288. The lowest BCUT2D eigenvalue weighted by molar-refractivity contribution is 0.0936. The SMILES string of the molecule is N=C(N)c1ccc2c(N)c(C(=O)NCC3CCCCC3)n(CCS(=O)(=O)c3ccccc3)c2c1. The molecule has 34 heavy (non-hydrogen) atoms. The van der Waals surface area contributed by atoms with E-state index in [4.69, 9.17) is 16.9 Å². The molecule has 180 valence electrons. The van der Waals surface area contributed by atoms with Gasteiger partial charge in [-0.2, -0.15) is 0 Å².